The lowest BCUT2D eigenvalue weighted by Crippen LogP contribution is -2.29. The van der Waals surface area contributed by atoms with E-state index < -0.39 is 36.1 Å². The smallest absolute Gasteiger partial charge is 0.417 e. The van der Waals surface area contributed by atoms with Crippen LogP contribution in [0.2, 0.25) is 0 Å². The Balaban J connectivity index is 1.86. The van der Waals surface area contributed by atoms with Gasteiger partial charge in [-0.25, -0.2) is 4.98 Å². The summed E-state index contributed by atoms with van der Waals surface area (Å²) in [6.45, 7) is 1.19. The molecule has 162 valence electrons. The van der Waals surface area contributed by atoms with Crippen molar-refractivity contribution in [2.24, 2.45) is 0 Å². The molecule has 0 radical (unpaired) electrons. The zero-order chi connectivity index (χ0) is 22.8. The van der Waals surface area contributed by atoms with Gasteiger partial charge in [0.2, 0.25) is 0 Å². The molecule has 0 unspecified atom stereocenters. The first-order chi connectivity index (χ1) is 14.6. The number of fused-ring (bicyclic) bond motifs is 1. The fourth-order valence-electron chi connectivity index (χ4n) is 2.90. The highest BCUT2D eigenvalue weighted by Gasteiger charge is 2.31. The molecule has 0 saturated carbocycles. The molecular weight excluding hydrogens is 417 g/mol. The number of carbonyl (C=O) groups excluding carboxylic acids is 2. The van der Waals surface area contributed by atoms with Gasteiger partial charge in [-0.05, 0) is 42.8 Å². The lowest BCUT2D eigenvalue weighted by Gasteiger charge is -2.10. The molecule has 31 heavy (non-hydrogen) atoms. The number of rotatable bonds is 6. The number of nitrogens with one attached hydrogen (secondary N) is 2. The summed E-state index contributed by atoms with van der Waals surface area (Å²) in [6.07, 6.45) is -3.42. The fourth-order valence-corrected chi connectivity index (χ4v) is 2.90. The van der Waals surface area contributed by atoms with Crippen molar-refractivity contribution in [1.82, 2.24) is 14.7 Å². The van der Waals surface area contributed by atoms with Gasteiger partial charge in [0, 0.05) is 17.4 Å². The summed E-state index contributed by atoms with van der Waals surface area (Å²) in [6, 6.07) is 7.70. The number of halogens is 3. The summed E-state index contributed by atoms with van der Waals surface area (Å²) in [5.74, 6) is -2.45. The molecule has 2 heterocycles. The molecule has 1 aromatic carbocycles. The van der Waals surface area contributed by atoms with Gasteiger partial charge < -0.3 is 15.7 Å². The van der Waals surface area contributed by atoms with Crippen molar-refractivity contribution in [1.29, 1.82) is 0 Å². The van der Waals surface area contributed by atoms with Crippen LogP contribution in [0.5, 0.6) is 0 Å². The number of aromatic nitrogens is 2. The lowest BCUT2D eigenvalue weighted by molar-refractivity contribution is -0.138. The van der Waals surface area contributed by atoms with E-state index in [0.29, 0.717) is 17.8 Å². The number of carboxylic acids is 1. The largest absolute Gasteiger partial charge is 0.480 e. The number of amides is 2. The van der Waals surface area contributed by atoms with Crippen LogP contribution in [0.25, 0.3) is 5.65 Å². The Morgan fingerprint density at radius 2 is 1.74 bits per heavy atom. The number of benzene rings is 1. The fraction of sp³-hybridized carbons (Fsp3) is 0.200. The molecule has 2 aromatic heterocycles. The first kappa shape index (κ1) is 21.8. The summed E-state index contributed by atoms with van der Waals surface area (Å²) in [4.78, 5) is 39.4. The van der Waals surface area contributed by atoms with Crippen LogP contribution < -0.4 is 10.6 Å². The molecule has 0 aliphatic heterocycles. The highest BCUT2D eigenvalue weighted by Crippen LogP contribution is 2.30. The summed E-state index contributed by atoms with van der Waals surface area (Å²) >= 11 is 0. The number of pyridine rings is 1. The summed E-state index contributed by atoms with van der Waals surface area (Å²) in [5.41, 5.74) is 0.0848. The molecule has 0 atom stereocenters. The Morgan fingerprint density at radius 1 is 1.06 bits per heavy atom. The van der Waals surface area contributed by atoms with Gasteiger partial charge in [0.1, 0.15) is 17.9 Å². The Labute approximate surface area is 173 Å². The second-order valence-corrected chi connectivity index (χ2v) is 6.51. The predicted octanol–water partition coefficient (Wildman–Crippen LogP) is 2.98. The van der Waals surface area contributed by atoms with E-state index >= 15 is 0 Å². The van der Waals surface area contributed by atoms with Crippen LogP contribution in [0, 0.1) is 0 Å². The minimum atomic E-state index is -4.57. The zero-order valence-electron chi connectivity index (χ0n) is 16.2. The van der Waals surface area contributed by atoms with Crippen molar-refractivity contribution in [2.75, 3.05) is 11.9 Å². The number of aryl methyl sites for hydroxylation is 1. The maximum Gasteiger partial charge on any atom is 0.417 e. The van der Waals surface area contributed by atoms with Gasteiger partial charge in [-0.1, -0.05) is 6.92 Å². The van der Waals surface area contributed by atoms with Gasteiger partial charge in [-0.2, -0.15) is 13.2 Å². The summed E-state index contributed by atoms with van der Waals surface area (Å²) < 4.78 is 40.4. The molecule has 2 amide bonds. The highest BCUT2D eigenvalue weighted by atomic mass is 19.4. The third-order valence-corrected chi connectivity index (χ3v) is 4.37. The highest BCUT2D eigenvalue weighted by molar-refractivity contribution is 6.05. The van der Waals surface area contributed by atoms with Crippen molar-refractivity contribution < 1.29 is 32.7 Å². The van der Waals surface area contributed by atoms with Crippen LogP contribution in [0.15, 0.2) is 42.6 Å². The molecule has 3 aromatic rings. The van der Waals surface area contributed by atoms with Gasteiger partial charge in [0.05, 0.1) is 11.3 Å². The van der Waals surface area contributed by atoms with E-state index in [1.165, 1.54) is 30.3 Å². The number of carbonyl (C=O) groups is 3. The molecule has 0 spiro atoms. The Kier molecular flexibility index (Phi) is 5.95. The molecule has 0 saturated heterocycles. The van der Waals surface area contributed by atoms with Crippen molar-refractivity contribution >= 4 is 29.1 Å². The van der Waals surface area contributed by atoms with Crippen molar-refractivity contribution in [3.8, 4) is 0 Å². The number of aliphatic carboxylic acids is 1. The van der Waals surface area contributed by atoms with Crippen molar-refractivity contribution in [3.05, 3.63) is 65.1 Å². The normalized spacial score (nSPS) is 11.4. The third-order valence-electron chi connectivity index (χ3n) is 4.37. The molecule has 0 aliphatic rings. The van der Waals surface area contributed by atoms with Crippen LogP contribution in [0.4, 0.5) is 18.9 Å². The van der Waals surface area contributed by atoms with Crippen LogP contribution in [-0.4, -0.2) is 38.8 Å². The van der Waals surface area contributed by atoms with E-state index in [1.807, 2.05) is 0 Å². The first-order valence-corrected chi connectivity index (χ1v) is 9.09. The van der Waals surface area contributed by atoms with Crippen LogP contribution in [0.3, 0.4) is 0 Å². The summed E-state index contributed by atoms with van der Waals surface area (Å²) in [5, 5.41) is 13.4. The zero-order valence-corrected chi connectivity index (χ0v) is 16.2. The monoisotopic (exact) mass is 434 g/mol. The number of carboxylic acid groups (broad SMARTS) is 1. The van der Waals surface area contributed by atoms with E-state index in [9.17, 15) is 27.6 Å². The lowest BCUT2D eigenvalue weighted by atomic mass is 10.2. The predicted molar refractivity (Wildman–Crippen MR) is 104 cm³/mol. The molecular formula is C20H17F3N4O4. The maximum atomic E-state index is 13.1. The van der Waals surface area contributed by atoms with Gasteiger partial charge in [-0.15, -0.1) is 0 Å². The Morgan fingerprint density at radius 3 is 2.32 bits per heavy atom. The van der Waals surface area contributed by atoms with Crippen LogP contribution >= 0.6 is 0 Å². The van der Waals surface area contributed by atoms with E-state index in [1.54, 1.807) is 6.92 Å². The van der Waals surface area contributed by atoms with Crippen molar-refractivity contribution in [2.45, 2.75) is 19.5 Å². The SMILES string of the molecule is CCc1nc2ccc(C(F)(F)F)cn2c1C(=O)Nc1ccc(C(=O)NCC(=O)O)cc1. The molecule has 0 aliphatic carbocycles. The second-order valence-electron chi connectivity index (χ2n) is 6.51. The average molecular weight is 434 g/mol. The minimum Gasteiger partial charge on any atom is -0.480 e. The van der Waals surface area contributed by atoms with Crippen molar-refractivity contribution in [3.63, 3.8) is 0 Å². The van der Waals surface area contributed by atoms with Gasteiger partial charge in [-0.3, -0.25) is 18.8 Å². The molecule has 0 bridgehead atoms. The van der Waals surface area contributed by atoms with E-state index in [-0.39, 0.29) is 16.9 Å². The first-order valence-electron chi connectivity index (χ1n) is 9.09. The minimum absolute atomic E-state index is 0.0214. The quantitative estimate of drug-likeness (QED) is 0.552. The molecule has 11 heteroatoms. The number of hydrogen-bond donors (Lipinski definition) is 3. The molecule has 8 nitrogen and oxygen atoms in total. The number of anilines is 1. The second kappa shape index (κ2) is 8.46. The van der Waals surface area contributed by atoms with E-state index in [4.69, 9.17) is 5.11 Å². The molecule has 3 N–H and O–H groups in total. The Hall–Kier alpha value is -3.89. The molecule has 3 rings (SSSR count). The number of hydrogen-bond acceptors (Lipinski definition) is 4. The van der Waals surface area contributed by atoms with Gasteiger partial charge in [0.15, 0.2) is 0 Å². The molecule has 0 fully saturated rings. The number of imidazole rings is 1. The van der Waals surface area contributed by atoms with Crippen LogP contribution in [-0.2, 0) is 17.4 Å². The average Bonchev–Trinajstić information content (AvgIpc) is 3.09. The van der Waals surface area contributed by atoms with Gasteiger partial charge >= 0.3 is 12.1 Å². The third kappa shape index (κ3) is 4.82. The Bertz CT molecular complexity index is 1150. The maximum absolute atomic E-state index is 13.1. The van der Waals surface area contributed by atoms with E-state index in [0.717, 1.165) is 16.7 Å². The number of alkyl halides is 3. The van der Waals surface area contributed by atoms with Gasteiger partial charge in [0.25, 0.3) is 11.8 Å². The number of nitrogens with zero attached hydrogens (tertiary/aromatic N) is 2. The standard InChI is InChI=1S/C20H17F3N4O4/c1-2-14-17(27-10-12(20(21,22)23)5-8-15(27)26-14)19(31)25-13-6-3-11(4-7-13)18(30)24-9-16(28)29/h3-8,10H,2,9H2,1H3,(H,24,30)(H,25,31)(H,28,29). The summed E-state index contributed by atoms with van der Waals surface area (Å²) in [7, 11) is 0. The van der Waals surface area contributed by atoms with Crippen LogP contribution in [0.1, 0.15) is 39.0 Å². The topological polar surface area (TPSA) is 113 Å². The van der Waals surface area contributed by atoms with E-state index in [2.05, 4.69) is 15.6 Å².